The van der Waals surface area contributed by atoms with E-state index in [1.165, 1.54) is 7.11 Å². The molecule has 0 bridgehead atoms. The van der Waals surface area contributed by atoms with E-state index >= 15 is 0 Å². The van der Waals surface area contributed by atoms with Gasteiger partial charge in [0.15, 0.2) is 0 Å². The average Bonchev–Trinajstić information content (AvgIpc) is 2.97. The maximum Gasteiger partial charge on any atom is 0.313 e. The fourth-order valence-corrected chi connectivity index (χ4v) is 3.31. The topological polar surface area (TPSA) is 84.1 Å². The summed E-state index contributed by atoms with van der Waals surface area (Å²) in [5.74, 6) is -1.01. The molecule has 0 spiro atoms. The third-order valence-corrected chi connectivity index (χ3v) is 4.55. The fraction of sp³-hybridized carbons (Fsp3) is 0.471. The highest BCUT2D eigenvalue weighted by Gasteiger charge is 2.43. The van der Waals surface area contributed by atoms with Gasteiger partial charge in [0.2, 0.25) is 5.91 Å². The van der Waals surface area contributed by atoms with Crippen LogP contribution in [0.1, 0.15) is 18.5 Å². The number of methoxy groups -OCH3 is 1. The van der Waals surface area contributed by atoms with Crippen LogP contribution in [0.5, 0.6) is 0 Å². The van der Waals surface area contributed by atoms with Gasteiger partial charge in [-0.3, -0.25) is 9.59 Å². The van der Waals surface area contributed by atoms with E-state index in [0.717, 1.165) is 5.65 Å². The second kappa shape index (κ2) is 6.60. The molecule has 1 amide bonds. The Balaban J connectivity index is 1.73. The maximum atomic E-state index is 12.6. The summed E-state index contributed by atoms with van der Waals surface area (Å²) >= 11 is 0. The highest BCUT2D eigenvalue weighted by molar-refractivity contribution is 5.81. The summed E-state index contributed by atoms with van der Waals surface area (Å²) in [5, 5.41) is 9.57. The van der Waals surface area contributed by atoms with Crippen LogP contribution in [0.3, 0.4) is 0 Å². The van der Waals surface area contributed by atoms with Gasteiger partial charge in [0.1, 0.15) is 11.1 Å². The number of likely N-dealkylation sites (tertiary alicyclic amines) is 1. The Morgan fingerprint density at radius 2 is 2.25 bits per heavy atom. The molecule has 3 rings (SSSR count). The number of rotatable bonds is 5. The quantitative estimate of drug-likeness (QED) is 0.890. The number of hydrogen-bond donors (Lipinski definition) is 1. The number of imidazole rings is 1. The zero-order chi connectivity index (χ0) is 17.2. The van der Waals surface area contributed by atoms with Crippen LogP contribution >= 0.6 is 0 Å². The molecule has 2 aromatic heterocycles. The number of carboxylic acids is 1. The molecule has 7 nitrogen and oxygen atoms in total. The number of nitrogens with zero attached hydrogens (tertiary/aromatic N) is 3. The minimum Gasteiger partial charge on any atom is -0.481 e. The fourth-order valence-electron chi connectivity index (χ4n) is 3.31. The number of amides is 1. The molecular formula is C17H21N3O4. The molecule has 1 aliphatic rings. The predicted molar refractivity (Wildman–Crippen MR) is 86.7 cm³/mol. The first kappa shape index (κ1) is 16.4. The van der Waals surface area contributed by atoms with Gasteiger partial charge >= 0.3 is 5.97 Å². The van der Waals surface area contributed by atoms with Crippen molar-refractivity contribution < 1.29 is 19.4 Å². The molecule has 1 fully saturated rings. The lowest BCUT2D eigenvalue weighted by Crippen LogP contribution is -2.52. The van der Waals surface area contributed by atoms with Crippen molar-refractivity contribution in [2.75, 3.05) is 26.8 Å². The van der Waals surface area contributed by atoms with E-state index in [4.69, 9.17) is 4.74 Å². The Bertz CT molecular complexity index is 720. The second-order valence-corrected chi connectivity index (χ2v) is 6.31. The molecule has 1 saturated heterocycles. The number of carboxylic acid groups (broad SMARTS) is 1. The normalized spacial score (nSPS) is 21.1. The summed E-state index contributed by atoms with van der Waals surface area (Å²) < 4.78 is 6.96. The largest absolute Gasteiger partial charge is 0.481 e. The predicted octanol–water partition coefficient (Wildman–Crippen LogP) is 1.22. The Morgan fingerprint density at radius 3 is 2.96 bits per heavy atom. The first-order valence-corrected chi connectivity index (χ1v) is 7.97. The highest BCUT2D eigenvalue weighted by Crippen LogP contribution is 2.31. The van der Waals surface area contributed by atoms with Crippen molar-refractivity contribution in [3.63, 3.8) is 0 Å². The molecule has 2 aromatic rings. The second-order valence-electron chi connectivity index (χ2n) is 6.31. The van der Waals surface area contributed by atoms with Crippen molar-refractivity contribution in [1.29, 1.82) is 0 Å². The van der Waals surface area contributed by atoms with Crippen molar-refractivity contribution in [3.8, 4) is 0 Å². The Hall–Kier alpha value is -2.41. The van der Waals surface area contributed by atoms with E-state index in [-0.39, 0.29) is 25.5 Å². The Kier molecular flexibility index (Phi) is 4.53. The highest BCUT2D eigenvalue weighted by atomic mass is 16.5. The van der Waals surface area contributed by atoms with Crippen LogP contribution in [0.15, 0.2) is 30.6 Å². The lowest BCUT2D eigenvalue weighted by molar-refractivity contribution is -0.159. The van der Waals surface area contributed by atoms with Gasteiger partial charge in [-0.2, -0.15) is 0 Å². The van der Waals surface area contributed by atoms with Crippen LogP contribution in [0.2, 0.25) is 0 Å². The van der Waals surface area contributed by atoms with Gasteiger partial charge in [0.05, 0.1) is 18.7 Å². The molecule has 24 heavy (non-hydrogen) atoms. The molecule has 0 aliphatic carbocycles. The third kappa shape index (κ3) is 3.12. The van der Waals surface area contributed by atoms with Gasteiger partial charge in [-0.05, 0) is 25.0 Å². The monoisotopic (exact) mass is 331 g/mol. The van der Waals surface area contributed by atoms with Gasteiger partial charge in [-0.25, -0.2) is 4.98 Å². The van der Waals surface area contributed by atoms with Gasteiger partial charge in [-0.1, -0.05) is 6.07 Å². The lowest BCUT2D eigenvalue weighted by Gasteiger charge is -2.39. The number of pyridine rings is 1. The van der Waals surface area contributed by atoms with Gasteiger partial charge in [-0.15, -0.1) is 0 Å². The van der Waals surface area contributed by atoms with Crippen molar-refractivity contribution in [2.45, 2.75) is 19.3 Å². The van der Waals surface area contributed by atoms with Crippen LogP contribution in [0.4, 0.5) is 0 Å². The zero-order valence-corrected chi connectivity index (χ0v) is 13.6. The van der Waals surface area contributed by atoms with E-state index in [1.54, 1.807) is 4.90 Å². The first-order valence-electron chi connectivity index (χ1n) is 7.97. The number of aliphatic carboxylic acids is 1. The van der Waals surface area contributed by atoms with E-state index in [2.05, 4.69) is 4.98 Å². The summed E-state index contributed by atoms with van der Waals surface area (Å²) in [6.45, 7) is 0.869. The number of fused-ring (bicyclic) bond motifs is 1. The number of aromatic nitrogens is 2. The number of ether oxygens (including phenoxy) is 1. The zero-order valence-electron chi connectivity index (χ0n) is 13.6. The number of carbonyl (C=O) groups excluding carboxylic acids is 1. The van der Waals surface area contributed by atoms with Crippen molar-refractivity contribution in [2.24, 2.45) is 5.41 Å². The number of piperidine rings is 1. The van der Waals surface area contributed by atoms with Crippen LogP contribution in [-0.4, -0.2) is 58.1 Å². The maximum absolute atomic E-state index is 12.6. The average molecular weight is 331 g/mol. The molecule has 1 atom stereocenters. The van der Waals surface area contributed by atoms with Gasteiger partial charge in [0, 0.05) is 32.6 Å². The van der Waals surface area contributed by atoms with E-state index < -0.39 is 11.4 Å². The van der Waals surface area contributed by atoms with Gasteiger partial charge in [0.25, 0.3) is 0 Å². The minimum absolute atomic E-state index is 0.0974. The summed E-state index contributed by atoms with van der Waals surface area (Å²) in [6.07, 6.45) is 5.06. The van der Waals surface area contributed by atoms with Crippen LogP contribution in [-0.2, 0) is 20.7 Å². The van der Waals surface area contributed by atoms with E-state index in [1.807, 2.05) is 35.0 Å². The first-order chi connectivity index (χ1) is 11.5. The van der Waals surface area contributed by atoms with Gasteiger partial charge < -0.3 is 19.1 Å². The molecule has 3 heterocycles. The minimum atomic E-state index is -1.01. The Labute approximate surface area is 139 Å². The van der Waals surface area contributed by atoms with Crippen LogP contribution in [0, 0.1) is 5.41 Å². The summed E-state index contributed by atoms with van der Waals surface area (Å²) in [5.41, 5.74) is 0.462. The molecule has 0 radical (unpaired) electrons. The number of hydrogen-bond acceptors (Lipinski definition) is 4. The number of carbonyl (C=O) groups is 2. The van der Waals surface area contributed by atoms with E-state index in [0.29, 0.717) is 25.1 Å². The lowest BCUT2D eigenvalue weighted by atomic mass is 9.80. The van der Waals surface area contributed by atoms with Crippen molar-refractivity contribution >= 4 is 17.5 Å². The molecular weight excluding hydrogens is 310 g/mol. The third-order valence-electron chi connectivity index (χ3n) is 4.55. The SMILES string of the molecule is COCC1(C(=O)O)CCCN(C(=O)Cc2cn3ccccc3n2)C1. The Morgan fingerprint density at radius 1 is 1.42 bits per heavy atom. The molecule has 7 heteroatoms. The summed E-state index contributed by atoms with van der Waals surface area (Å²) in [4.78, 5) is 30.3. The molecule has 1 unspecified atom stereocenters. The molecule has 0 saturated carbocycles. The van der Waals surface area contributed by atoms with Crippen LogP contribution in [0.25, 0.3) is 5.65 Å². The molecule has 0 aromatic carbocycles. The van der Waals surface area contributed by atoms with Crippen LogP contribution < -0.4 is 0 Å². The molecule has 1 aliphatic heterocycles. The standard InChI is InChI=1S/C17H21N3O4/c1-24-12-17(16(22)23)6-4-8-20(11-17)15(21)9-13-10-19-7-3-2-5-14(19)18-13/h2-3,5,7,10H,4,6,8-9,11-12H2,1H3,(H,22,23). The summed E-state index contributed by atoms with van der Waals surface area (Å²) in [6, 6.07) is 5.67. The molecule has 128 valence electrons. The molecule has 1 N–H and O–H groups in total. The summed E-state index contributed by atoms with van der Waals surface area (Å²) in [7, 11) is 1.49. The van der Waals surface area contributed by atoms with Crippen molar-refractivity contribution in [3.05, 3.63) is 36.3 Å². The smallest absolute Gasteiger partial charge is 0.313 e. The van der Waals surface area contributed by atoms with E-state index in [9.17, 15) is 14.7 Å². The van der Waals surface area contributed by atoms with Crippen molar-refractivity contribution in [1.82, 2.24) is 14.3 Å².